The van der Waals surface area contributed by atoms with Crippen LogP contribution in [0.4, 0.5) is 0 Å². The molecule has 1 aromatic carbocycles. The van der Waals surface area contributed by atoms with E-state index in [0.29, 0.717) is 30.1 Å². The molecule has 0 saturated carbocycles. The van der Waals surface area contributed by atoms with Crippen molar-refractivity contribution in [1.82, 2.24) is 0 Å². The fraction of sp³-hybridized carbons (Fsp3) is 0.417. The van der Waals surface area contributed by atoms with Gasteiger partial charge >= 0.3 is 0 Å². The summed E-state index contributed by atoms with van der Waals surface area (Å²) in [7, 11) is 1.59. The minimum Gasteiger partial charge on any atom is -0.493 e. The van der Waals surface area contributed by atoms with Crippen molar-refractivity contribution in [3.63, 3.8) is 0 Å². The van der Waals surface area contributed by atoms with Crippen LogP contribution in [-0.4, -0.2) is 19.7 Å². The van der Waals surface area contributed by atoms with Crippen molar-refractivity contribution < 1.29 is 19.0 Å². The lowest BCUT2D eigenvalue weighted by Gasteiger charge is -2.07. The molecule has 16 heavy (non-hydrogen) atoms. The summed E-state index contributed by atoms with van der Waals surface area (Å²) in [6.07, 6.45) is 1.23. The van der Waals surface area contributed by atoms with E-state index in [-0.39, 0.29) is 12.6 Å². The highest BCUT2D eigenvalue weighted by atomic mass is 16.7. The Balaban J connectivity index is 2.24. The van der Waals surface area contributed by atoms with Gasteiger partial charge in [-0.25, -0.2) is 0 Å². The number of carbonyl (C=O) groups is 1. The van der Waals surface area contributed by atoms with E-state index in [1.165, 1.54) is 0 Å². The van der Waals surface area contributed by atoms with Crippen LogP contribution in [0.3, 0.4) is 0 Å². The molecule has 1 aliphatic heterocycles. The largest absolute Gasteiger partial charge is 0.493 e. The van der Waals surface area contributed by atoms with Gasteiger partial charge in [0.1, 0.15) is 5.78 Å². The first-order chi connectivity index (χ1) is 7.70. The summed E-state index contributed by atoms with van der Waals surface area (Å²) in [6.45, 7) is 1.81. The van der Waals surface area contributed by atoms with Crippen LogP contribution < -0.4 is 14.2 Å². The molecule has 4 nitrogen and oxygen atoms in total. The Labute approximate surface area is 94.1 Å². The highest BCUT2D eigenvalue weighted by molar-refractivity contribution is 5.75. The van der Waals surface area contributed by atoms with Gasteiger partial charge in [0, 0.05) is 6.42 Å². The van der Waals surface area contributed by atoms with E-state index in [1.807, 2.05) is 12.1 Å². The Hall–Kier alpha value is -1.71. The third kappa shape index (κ3) is 2.10. The number of hydrogen-bond acceptors (Lipinski definition) is 4. The zero-order valence-corrected chi connectivity index (χ0v) is 9.41. The first-order valence-corrected chi connectivity index (χ1v) is 5.16. The molecule has 1 aromatic rings. The van der Waals surface area contributed by atoms with Gasteiger partial charge in [0.2, 0.25) is 12.5 Å². The highest BCUT2D eigenvalue weighted by Crippen LogP contribution is 2.41. The summed E-state index contributed by atoms with van der Waals surface area (Å²) >= 11 is 0. The molecule has 1 heterocycles. The molecule has 4 heteroatoms. The minimum atomic E-state index is 0.177. The number of benzene rings is 1. The van der Waals surface area contributed by atoms with Crippen molar-refractivity contribution in [3.8, 4) is 17.2 Å². The average molecular weight is 222 g/mol. The predicted molar refractivity (Wildman–Crippen MR) is 58.1 cm³/mol. The first kappa shape index (κ1) is 10.8. The number of carbonyl (C=O) groups excluding carboxylic acids is 1. The van der Waals surface area contributed by atoms with Crippen LogP contribution in [0.5, 0.6) is 17.2 Å². The van der Waals surface area contributed by atoms with E-state index < -0.39 is 0 Å². The summed E-state index contributed by atoms with van der Waals surface area (Å²) in [5.41, 5.74) is 1.02. The van der Waals surface area contributed by atoms with E-state index in [9.17, 15) is 4.79 Å². The second kappa shape index (κ2) is 4.43. The molecule has 0 atom stereocenters. The molecule has 0 saturated heterocycles. The number of hydrogen-bond donors (Lipinski definition) is 0. The molecular weight excluding hydrogens is 208 g/mol. The molecule has 0 unspecified atom stereocenters. The van der Waals surface area contributed by atoms with Gasteiger partial charge < -0.3 is 19.0 Å². The maximum atomic E-state index is 10.9. The number of rotatable bonds is 4. The average Bonchev–Trinajstić information content (AvgIpc) is 2.73. The van der Waals surface area contributed by atoms with Crippen LogP contribution in [0.15, 0.2) is 12.1 Å². The molecule has 0 aromatic heterocycles. The molecule has 0 fully saturated rings. The zero-order chi connectivity index (χ0) is 11.5. The fourth-order valence-corrected chi connectivity index (χ4v) is 1.65. The van der Waals surface area contributed by atoms with Gasteiger partial charge in [-0.15, -0.1) is 0 Å². The van der Waals surface area contributed by atoms with Crippen LogP contribution in [0.1, 0.15) is 18.9 Å². The number of Topliss-reactive ketones (excluding diaryl/α,β-unsaturated/α-hetero) is 1. The van der Waals surface area contributed by atoms with E-state index >= 15 is 0 Å². The lowest BCUT2D eigenvalue weighted by Crippen LogP contribution is -1.95. The smallest absolute Gasteiger partial charge is 0.231 e. The van der Waals surface area contributed by atoms with E-state index in [0.717, 1.165) is 5.56 Å². The van der Waals surface area contributed by atoms with Gasteiger partial charge in [-0.05, 0) is 31.0 Å². The molecule has 0 aliphatic carbocycles. The summed E-state index contributed by atoms with van der Waals surface area (Å²) < 4.78 is 15.8. The number of ketones is 1. The lowest BCUT2D eigenvalue weighted by molar-refractivity contribution is -0.116. The lowest BCUT2D eigenvalue weighted by atomic mass is 10.1. The van der Waals surface area contributed by atoms with Gasteiger partial charge in [0.05, 0.1) is 7.11 Å². The third-order valence-electron chi connectivity index (χ3n) is 2.48. The summed E-state index contributed by atoms with van der Waals surface area (Å²) in [5, 5.41) is 0. The third-order valence-corrected chi connectivity index (χ3v) is 2.48. The fourth-order valence-electron chi connectivity index (χ4n) is 1.65. The summed E-state index contributed by atoms with van der Waals surface area (Å²) in [4.78, 5) is 10.9. The van der Waals surface area contributed by atoms with Crippen molar-refractivity contribution in [1.29, 1.82) is 0 Å². The molecule has 86 valence electrons. The van der Waals surface area contributed by atoms with E-state index in [2.05, 4.69) is 0 Å². The number of methoxy groups -OCH3 is 1. The number of aryl methyl sites for hydroxylation is 1. The first-order valence-electron chi connectivity index (χ1n) is 5.16. The van der Waals surface area contributed by atoms with Crippen molar-refractivity contribution >= 4 is 5.78 Å². The molecule has 0 spiro atoms. The maximum Gasteiger partial charge on any atom is 0.231 e. The van der Waals surface area contributed by atoms with Gasteiger partial charge in [-0.3, -0.25) is 0 Å². The summed E-state index contributed by atoms with van der Waals surface area (Å²) in [5.74, 6) is 2.18. The van der Waals surface area contributed by atoms with Crippen LogP contribution >= 0.6 is 0 Å². The van der Waals surface area contributed by atoms with Crippen molar-refractivity contribution in [3.05, 3.63) is 17.7 Å². The predicted octanol–water partition coefficient (Wildman–Crippen LogP) is 1.95. The standard InChI is InChI=1S/C12H14O4/c1-8(13)3-4-9-5-10(14-2)12-11(6-9)15-7-16-12/h5-6H,3-4,7H2,1-2H3. The van der Waals surface area contributed by atoms with Crippen molar-refractivity contribution in [2.75, 3.05) is 13.9 Å². The normalized spacial score (nSPS) is 12.6. The van der Waals surface area contributed by atoms with Gasteiger partial charge in [0.25, 0.3) is 0 Å². The minimum absolute atomic E-state index is 0.177. The molecule has 0 N–H and O–H groups in total. The molecule has 0 bridgehead atoms. The quantitative estimate of drug-likeness (QED) is 0.781. The van der Waals surface area contributed by atoms with Crippen LogP contribution in [-0.2, 0) is 11.2 Å². The number of fused-ring (bicyclic) bond motifs is 1. The van der Waals surface area contributed by atoms with Crippen LogP contribution in [0, 0.1) is 0 Å². The van der Waals surface area contributed by atoms with E-state index in [1.54, 1.807) is 14.0 Å². The molecule has 2 rings (SSSR count). The Kier molecular flexibility index (Phi) is 2.99. The van der Waals surface area contributed by atoms with Gasteiger partial charge in [-0.2, -0.15) is 0 Å². The monoisotopic (exact) mass is 222 g/mol. The Morgan fingerprint density at radius 2 is 2.25 bits per heavy atom. The molecule has 0 amide bonds. The zero-order valence-electron chi connectivity index (χ0n) is 9.41. The van der Waals surface area contributed by atoms with Crippen molar-refractivity contribution in [2.45, 2.75) is 19.8 Å². The molecular formula is C12H14O4. The molecule has 0 radical (unpaired) electrons. The highest BCUT2D eigenvalue weighted by Gasteiger charge is 2.19. The topological polar surface area (TPSA) is 44.8 Å². The SMILES string of the molecule is COc1cc(CCC(C)=O)cc2c1OCO2. The van der Waals surface area contributed by atoms with Crippen LogP contribution in [0.25, 0.3) is 0 Å². The summed E-state index contributed by atoms with van der Waals surface area (Å²) in [6, 6.07) is 3.78. The van der Waals surface area contributed by atoms with Gasteiger partial charge in [-0.1, -0.05) is 0 Å². The Bertz CT molecular complexity index is 412. The van der Waals surface area contributed by atoms with Crippen LogP contribution in [0.2, 0.25) is 0 Å². The Morgan fingerprint density at radius 3 is 2.94 bits per heavy atom. The van der Waals surface area contributed by atoms with Crippen molar-refractivity contribution in [2.24, 2.45) is 0 Å². The maximum absolute atomic E-state index is 10.9. The second-order valence-electron chi connectivity index (χ2n) is 3.73. The molecule has 1 aliphatic rings. The van der Waals surface area contributed by atoms with E-state index in [4.69, 9.17) is 14.2 Å². The second-order valence-corrected chi connectivity index (χ2v) is 3.73. The Morgan fingerprint density at radius 1 is 1.44 bits per heavy atom. The number of ether oxygens (including phenoxy) is 3. The van der Waals surface area contributed by atoms with Gasteiger partial charge in [0.15, 0.2) is 11.5 Å².